The van der Waals surface area contributed by atoms with E-state index in [4.69, 9.17) is 0 Å². The zero-order valence-electron chi connectivity index (χ0n) is 12.4. The van der Waals surface area contributed by atoms with Crippen LogP contribution in [-0.4, -0.2) is 41.9 Å². The van der Waals surface area contributed by atoms with Crippen molar-refractivity contribution in [2.24, 2.45) is 0 Å². The lowest BCUT2D eigenvalue weighted by molar-refractivity contribution is 0.0761. The lowest BCUT2D eigenvalue weighted by atomic mass is 10.2. The minimum Gasteiger partial charge on any atom is -0.337 e. The van der Waals surface area contributed by atoms with E-state index in [-0.39, 0.29) is 5.91 Å². The van der Waals surface area contributed by atoms with Crippen LogP contribution >= 0.6 is 27.3 Å². The van der Waals surface area contributed by atoms with Gasteiger partial charge >= 0.3 is 0 Å². The van der Waals surface area contributed by atoms with Crippen molar-refractivity contribution >= 4 is 33.2 Å². The van der Waals surface area contributed by atoms with E-state index in [1.165, 1.54) is 4.88 Å². The predicted molar refractivity (Wildman–Crippen MR) is 94.3 cm³/mol. The second-order valence-electron chi connectivity index (χ2n) is 5.51. The molecule has 3 nitrogen and oxygen atoms in total. The third-order valence-electron chi connectivity index (χ3n) is 3.93. The zero-order chi connectivity index (χ0) is 15.4. The van der Waals surface area contributed by atoms with Gasteiger partial charge in [-0.2, -0.15) is 0 Å². The number of halogens is 1. The fraction of sp³-hybridized carbons (Fsp3) is 0.353. The average molecular weight is 379 g/mol. The Morgan fingerprint density at radius 1 is 1.09 bits per heavy atom. The largest absolute Gasteiger partial charge is 0.337 e. The van der Waals surface area contributed by atoms with Gasteiger partial charge in [0.25, 0.3) is 5.91 Å². The van der Waals surface area contributed by atoms with Gasteiger partial charge in [-0.05, 0) is 42.1 Å². The minimum atomic E-state index is 0.144. The van der Waals surface area contributed by atoms with E-state index in [1.807, 2.05) is 29.2 Å². The number of rotatable bonds is 3. The Balaban J connectivity index is 1.60. The molecule has 0 spiro atoms. The molecular formula is C17H19BrN2OS. The predicted octanol–water partition coefficient (Wildman–Crippen LogP) is 3.86. The van der Waals surface area contributed by atoms with Crippen LogP contribution in [0.25, 0.3) is 0 Å². The van der Waals surface area contributed by atoms with Gasteiger partial charge in [0.2, 0.25) is 0 Å². The van der Waals surface area contributed by atoms with E-state index < -0.39 is 0 Å². The van der Waals surface area contributed by atoms with Crippen molar-refractivity contribution in [3.8, 4) is 0 Å². The summed E-state index contributed by atoms with van der Waals surface area (Å²) in [5.74, 6) is 0.144. The van der Waals surface area contributed by atoms with Gasteiger partial charge in [0.1, 0.15) is 0 Å². The molecule has 0 radical (unpaired) electrons. The molecule has 2 aromatic rings. The Bertz CT molecular complexity index is 612. The fourth-order valence-electron chi connectivity index (χ4n) is 2.73. The highest BCUT2D eigenvalue weighted by molar-refractivity contribution is 9.10. The number of nitrogens with zero attached hydrogens (tertiary/aromatic N) is 2. The van der Waals surface area contributed by atoms with Crippen molar-refractivity contribution in [3.05, 3.63) is 56.7 Å². The molecule has 1 aliphatic rings. The van der Waals surface area contributed by atoms with Gasteiger partial charge in [-0.15, -0.1) is 11.3 Å². The maximum atomic E-state index is 12.6. The molecule has 3 rings (SSSR count). The third-order valence-corrected chi connectivity index (χ3v) is 5.32. The number of carbonyl (C=O) groups is 1. The van der Waals surface area contributed by atoms with Gasteiger partial charge in [0, 0.05) is 47.6 Å². The molecule has 1 aliphatic heterocycles. The Kier molecular flexibility index (Phi) is 5.28. The minimum absolute atomic E-state index is 0.144. The maximum absolute atomic E-state index is 12.6. The van der Waals surface area contributed by atoms with Gasteiger partial charge in [0.15, 0.2) is 0 Å². The molecule has 0 atom stereocenters. The smallest absolute Gasteiger partial charge is 0.253 e. The normalized spacial score (nSPS) is 16.5. The third kappa shape index (κ3) is 3.97. The Morgan fingerprint density at radius 2 is 1.91 bits per heavy atom. The van der Waals surface area contributed by atoms with E-state index in [0.29, 0.717) is 0 Å². The van der Waals surface area contributed by atoms with E-state index in [1.54, 1.807) is 11.3 Å². The topological polar surface area (TPSA) is 23.6 Å². The summed E-state index contributed by atoms with van der Waals surface area (Å²) in [5, 5.41) is 2.12. The van der Waals surface area contributed by atoms with Crippen molar-refractivity contribution < 1.29 is 4.79 Å². The number of hydrogen-bond donors (Lipinski definition) is 0. The van der Waals surface area contributed by atoms with Crippen LogP contribution < -0.4 is 0 Å². The van der Waals surface area contributed by atoms with Gasteiger partial charge in [-0.3, -0.25) is 9.69 Å². The maximum Gasteiger partial charge on any atom is 0.253 e. The number of hydrogen-bond acceptors (Lipinski definition) is 3. The molecule has 1 aromatic heterocycles. The second kappa shape index (κ2) is 7.40. The van der Waals surface area contributed by atoms with Crippen molar-refractivity contribution in [1.82, 2.24) is 9.80 Å². The molecule has 0 aliphatic carbocycles. The first-order valence-electron chi connectivity index (χ1n) is 7.52. The van der Waals surface area contributed by atoms with Crippen LogP contribution in [0.5, 0.6) is 0 Å². The monoisotopic (exact) mass is 378 g/mol. The Morgan fingerprint density at radius 3 is 2.64 bits per heavy atom. The van der Waals surface area contributed by atoms with Crippen molar-refractivity contribution in [3.63, 3.8) is 0 Å². The summed E-state index contributed by atoms with van der Waals surface area (Å²) in [6.07, 6.45) is 1.04. The first-order chi connectivity index (χ1) is 10.7. The highest BCUT2D eigenvalue weighted by Crippen LogP contribution is 2.16. The van der Waals surface area contributed by atoms with Crippen LogP contribution in [0.3, 0.4) is 0 Å². The summed E-state index contributed by atoms with van der Waals surface area (Å²) in [7, 11) is 0. The van der Waals surface area contributed by atoms with Crippen LogP contribution in [0, 0.1) is 0 Å². The molecule has 116 valence electrons. The number of carbonyl (C=O) groups excluding carboxylic acids is 1. The highest BCUT2D eigenvalue weighted by Gasteiger charge is 2.20. The van der Waals surface area contributed by atoms with Crippen LogP contribution in [0.1, 0.15) is 21.7 Å². The summed E-state index contributed by atoms with van der Waals surface area (Å²) in [6, 6.07) is 11.9. The lowest BCUT2D eigenvalue weighted by Crippen LogP contribution is -2.35. The summed E-state index contributed by atoms with van der Waals surface area (Å²) in [6.45, 7) is 4.65. The molecule has 0 saturated carbocycles. The van der Waals surface area contributed by atoms with E-state index >= 15 is 0 Å². The molecule has 1 aromatic carbocycles. The Labute approximate surface area is 143 Å². The molecule has 2 heterocycles. The average Bonchev–Trinajstić information content (AvgIpc) is 2.92. The first kappa shape index (κ1) is 15.7. The summed E-state index contributed by atoms with van der Waals surface area (Å²) >= 11 is 5.21. The summed E-state index contributed by atoms with van der Waals surface area (Å²) in [5.41, 5.74) is 0.773. The molecular weight excluding hydrogens is 360 g/mol. The van der Waals surface area contributed by atoms with Crippen LogP contribution in [-0.2, 0) is 6.54 Å². The second-order valence-corrected chi connectivity index (χ2v) is 7.46. The van der Waals surface area contributed by atoms with E-state index in [9.17, 15) is 4.79 Å². The summed E-state index contributed by atoms with van der Waals surface area (Å²) < 4.78 is 1.00. The molecule has 1 amide bonds. The fourth-order valence-corrected chi connectivity index (χ4v) is 3.74. The van der Waals surface area contributed by atoms with Crippen molar-refractivity contribution in [2.75, 3.05) is 26.2 Å². The molecule has 0 unspecified atom stereocenters. The van der Waals surface area contributed by atoms with Crippen LogP contribution in [0.2, 0.25) is 0 Å². The quantitative estimate of drug-likeness (QED) is 0.809. The molecule has 1 saturated heterocycles. The SMILES string of the molecule is O=C(c1ccc(Br)cc1)N1CCCN(Cc2cccs2)CC1. The van der Waals surface area contributed by atoms with Gasteiger partial charge < -0.3 is 4.90 Å². The molecule has 1 fully saturated rings. The Hall–Kier alpha value is -1.17. The first-order valence-corrected chi connectivity index (χ1v) is 9.19. The molecule has 22 heavy (non-hydrogen) atoms. The molecule has 0 N–H and O–H groups in total. The molecule has 5 heteroatoms. The number of thiophene rings is 1. The summed E-state index contributed by atoms with van der Waals surface area (Å²) in [4.78, 5) is 18.4. The lowest BCUT2D eigenvalue weighted by Gasteiger charge is -2.21. The van der Waals surface area contributed by atoms with Crippen LogP contribution in [0.4, 0.5) is 0 Å². The highest BCUT2D eigenvalue weighted by atomic mass is 79.9. The van der Waals surface area contributed by atoms with E-state index in [0.717, 1.165) is 49.2 Å². The number of amides is 1. The molecule has 0 bridgehead atoms. The van der Waals surface area contributed by atoms with Gasteiger partial charge in [-0.1, -0.05) is 22.0 Å². The standard InChI is InChI=1S/C17H19BrN2OS/c18-15-6-4-14(5-7-15)17(21)20-9-2-8-19(10-11-20)13-16-3-1-12-22-16/h1,3-7,12H,2,8-11,13H2. The van der Waals surface area contributed by atoms with Gasteiger partial charge in [0.05, 0.1) is 0 Å². The van der Waals surface area contributed by atoms with Crippen molar-refractivity contribution in [1.29, 1.82) is 0 Å². The van der Waals surface area contributed by atoms with Crippen molar-refractivity contribution in [2.45, 2.75) is 13.0 Å². The number of benzene rings is 1. The zero-order valence-corrected chi connectivity index (χ0v) is 14.8. The van der Waals surface area contributed by atoms with Crippen LogP contribution in [0.15, 0.2) is 46.3 Å². The van der Waals surface area contributed by atoms with Gasteiger partial charge in [-0.25, -0.2) is 0 Å². The van der Waals surface area contributed by atoms with E-state index in [2.05, 4.69) is 38.3 Å².